The number of halogens is 1. The molecular weight excluding hydrogens is 246 g/mol. The fourth-order valence-electron chi connectivity index (χ4n) is 3.03. The van der Waals surface area contributed by atoms with E-state index >= 15 is 0 Å². The van der Waals surface area contributed by atoms with E-state index in [9.17, 15) is 0 Å². The van der Waals surface area contributed by atoms with Crippen LogP contribution in [0.25, 0.3) is 0 Å². The van der Waals surface area contributed by atoms with Crippen molar-refractivity contribution < 1.29 is 0 Å². The quantitative estimate of drug-likeness (QED) is 0.753. The Hall–Kier alpha value is -0.570. The fraction of sp³-hybridized carbons (Fsp3) is 0.857. The second-order valence-electron chi connectivity index (χ2n) is 5.67. The highest BCUT2D eigenvalue weighted by Gasteiger charge is 2.17. The molecule has 0 saturated heterocycles. The van der Waals surface area contributed by atoms with Crippen LogP contribution in [0.15, 0.2) is 0 Å². The van der Waals surface area contributed by atoms with Gasteiger partial charge in [0.1, 0.15) is 11.6 Å². The van der Waals surface area contributed by atoms with Crippen LogP contribution in [-0.4, -0.2) is 14.8 Å². The molecule has 0 N–H and O–H groups in total. The summed E-state index contributed by atoms with van der Waals surface area (Å²) in [5.41, 5.74) is 0. The molecule has 3 nitrogen and oxygen atoms in total. The maximum Gasteiger partial charge on any atom is 0.148 e. The largest absolute Gasteiger partial charge is 0.311 e. The summed E-state index contributed by atoms with van der Waals surface area (Å²) in [6.07, 6.45) is 9.36. The lowest BCUT2D eigenvalue weighted by Crippen LogP contribution is -2.12. The van der Waals surface area contributed by atoms with Crippen molar-refractivity contribution in [3.8, 4) is 0 Å². The number of aryl methyl sites for hydroxylation is 1. The van der Waals surface area contributed by atoms with Gasteiger partial charge in [-0.15, -0.1) is 21.8 Å². The Balaban J connectivity index is 1.97. The van der Waals surface area contributed by atoms with Gasteiger partial charge in [0.25, 0.3) is 0 Å². The van der Waals surface area contributed by atoms with E-state index in [0.29, 0.717) is 11.9 Å². The molecule has 1 aromatic rings. The van der Waals surface area contributed by atoms with E-state index < -0.39 is 0 Å². The molecule has 1 fully saturated rings. The Bertz CT molecular complexity index is 367. The summed E-state index contributed by atoms with van der Waals surface area (Å²) in [5, 5.41) is 8.52. The van der Waals surface area contributed by atoms with Crippen LogP contribution in [0.1, 0.15) is 70.1 Å². The molecule has 1 heterocycles. The van der Waals surface area contributed by atoms with Gasteiger partial charge in [-0.1, -0.05) is 32.1 Å². The number of hydrogen-bond donors (Lipinski definition) is 0. The third-order valence-corrected chi connectivity index (χ3v) is 4.21. The summed E-state index contributed by atoms with van der Waals surface area (Å²) in [4.78, 5) is 0. The van der Waals surface area contributed by atoms with Crippen LogP contribution >= 0.6 is 11.6 Å². The van der Waals surface area contributed by atoms with Crippen LogP contribution in [-0.2, 0) is 12.3 Å². The molecule has 0 bridgehead atoms. The van der Waals surface area contributed by atoms with Crippen molar-refractivity contribution in [3.05, 3.63) is 11.6 Å². The smallest absolute Gasteiger partial charge is 0.148 e. The summed E-state index contributed by atoms with van der Waals surface area (Å²) in [6, 6.07) is 0.398. The standard InChI is InChI=1S/C14H24ClN3/c1-11(2)18-13(16-17-14(18)10-15)9-8-12-6-4-3-5-7-12/h11-12H,3-10H2,1-2H3. The van der Waals surface area contributed by atoms with Crippen molar-refractivity contribution in [3.63, 3.8) is 0 Å². The number of nitrogens with zero attached hydrogens (tertiary/aromatic N) is 3. The van der Waals surface area contributed by atoms with Gasteiger partial charge in [0.15, 0.2) is 0 Å². The first-order chi connectivity index (χ1) is 8.72. The van der Waals surface area contributed by atoms with Crippen LogP contribution in [0, 0.1) is 5.92 Å². The molecule has 0 amide bonds. The zero-order valence-corrected chi connectivity index (χ0v) is 12.3. The number of alkyl halides is 1. The molecular formula is C14H24ClN3. The predicted molar refractivity (Wildman–Crippen MR) is 74.9 cm³/mol. The zero-order chi connectivity index (χ0) is 13.0. The molecule has 0 unspecified atom stereocenters. The summed E-state index contributed by atoms with van der Waals surface area (Å²) in [7, 11) is 0. The molecule has 18 heavy (non-hydrogen) atoms. The van der Waals surface area contributed by atoms with E-state index in [0.717, 1.165) is 24.0 Å². The number of hydrogen-bond acceptors (Lipinski definition) is 2. The van der Waals surface area contributed by atoms with Gasteiger partial charge in [-0.2, -0.15) is 0 Å². The highest BCUT2D eigenvalue weighted by atomic mass is 35.5. The summed E-state index contributed by atoms with van der Waals surface area (Å²) >= 11 is 5.91. The zero-order valence-electron chi connectivity index (χ0n) is 11.5. The van der Waals surface area contributed by atoms with Crippen LogP contribution in [0.3, 0.4) is 0 Å². The van der Waals surface area contributed by atoms with Crippen molar-refractivity contribution in [2.75, 3.05) is 0 Å². The van der Waals surface area contributed by atoms with Crippen LogP contribution in [0.4, 0.5) is 0 Å². The third-order valence-electron chi connectivity index (χ3n) is 3.97. The van der Waals surface area contributed by atoms with E-state index in [1.165, 1.54) is 38.5 Å². The van der Waals surface area contributed by atoms with Crippen LogP contribution < -0.4 is 0 Å². The van der Waals surface area contributed by atoms with Gasteiger partial charge in [-0.25, -0.2) is 0 Å². The van der Waals surface area contributed by atoms with Crippen molar-refractivity contribution in [1.29, 1.82) is 0 Å². The minimum Gasteiger partial charge on any atom is -0.311 e. The lowest BCUT2D eigenvalue weighted by atomic mass is 9.86. The minimum absolute atomic E-state index is 0.398. The Morgan fingerprint density at radius 1 is 1.17 bits per heavy atom. The molecule has 0 spiro atoms. The molecule has 0 aliphatic heterocycles. The molecule has 1 aromatic heterocycles. The summed E-state index contributed by atoms with van der Waals surface area (Å²) in [5.74, 6) is 3.38. The van der Waals surface area contributed by atoms with Crippen molar-refractivity contribution in [1.82, 2.24) is 14.8 Å². The van der Waals surface area contributed by atoms with E-state index in [-0.39, 0.29) is 0 Å². The van der Waals surface area contributed by atoms with E-state index in [2.05, 4.69) is 28.6 Å². The van der Waals surface area contributed by atoms with Gasteiger partial charge in [0.2, 0.25) is 0 Å². The second-order valence-corrected chi connectivity index (χ2v) is 5.94. The van der Waals surface area contributed by atoms with Crippen molar-refractivity contribution in [2.24, 2.45) is 5.92 Å². The topological polar surface area (TPSA) is 30.7 Å². The molecule has 1 aliphatic rings. The molecule has 4 heteroatoms. The highest BCUT2D eigenvalue weighted by molar-refractivity contribution is 6.16. The van der Waals surface area contributed by atoms with Gasteiger partial charge >= 0.3 is 0 Å². The summed E-state index contributed by atoms with van der Waals surface area (Å²) in [6.45, 7) is 4.34. The van der Waals surface area contributed by atoms with Gasteiger partial charge < -0.3 is 4.57 Å². The predicted octanol–water partition coefficient (Wildman–Crippen LogP) is 4.11. The van der Waals surface area contributed by atoms with Crippen LogP contribution in [0.5, 0.6) is 0 Å². The average Bonchev–Trinajstić information content (AvgIpc) is 2.80. The first-order valence-corrected chi connectivity index (χ1v) is 7.74. The lowest BCUT2D eigenvalue weighted by Gasteiger charge is -2.21. The van der Waals surface area contributed by atoms with Crippen LogP contribution in [0.2, 0.25) is 0 Å². The van der Waals surface area contributed by atoms with Gasteiger partial charge in [0.05, 0.1) is 5.88 Å². The molecule has 102 valence electrons. The van der Waals surface area contributed by atoms with Gasteiger partial charge in [-0.3, -0.25) is 0 Å². The Morgan fingerprint density at radius 3 is 2.44 bits per heavy atom. The maximum absolute atomic E-state index is 5.91. The van der Waals surface area contributed by atoms with Gasteiger partial charge in [-0.05, 0) is 26.2 Å². The monoisotopic (exact) mass is 269 g/mol. The first kappa shape index (κ1) is 13.9. The average molecular weight is 270 g/mol. The molecule has 1 saturated carbocycles. The van der Waals surface area contributed by atoms with Crippen molar-refractivity contribution >= 4 is 11.6 Å². The minimum atomic E-state index is 0.398. The first-order valence-electron chi connectivity index (χ1n) is 7.21. The normalized spacial score (nSPS) is 17.6. The number of aromatic nitrogens is 3. The highest BCUT2D eigenvalue weighted by Crippen LogP contribution is 2.27. The molecule has 0 atom stereocenters. The Labute approximate surface area is 115 Å². The molecule has 1 aliphatic carbocycles. The fourth-order valence-corrected chi connectivity index (χ4v) is 3.21. The van der Waals surface area contributed by atoms with E-state index in [4.69, 9.17) is 11.6 Å². The lowest BCUT2D eigenvalue weighted by molar-refractivity contribution is 0.335. The molecule has 0 aromatic carbocycles. The van der Waals surface area contributed by atoms with Crippen molar-refractivity contribution in [2.45, 2.75) is 70.7 Å². The second kappa shape index (κ2) is 6.55. The van der Waals surface area contributed by atoms with E-state index in [1.807, 2.05) is 0 Å². The third kappa shape index (κ3) is 3.25. The SMILES string of the molecule is CC(C)n1c(CCl)nnc1CCC1CCCCC1. The number of rotatable bonds is 5. The Morgan fingerprint density at radius 2 is 1.83 bits per heavy atom. The molecule has 2 rings (SSSR count). The van der Waals surface area contributed by atoms with Gasteiger partial charge in [0, 0.05) is 12.5 Å². The Kier molecular flexibility index (Phi) is 5.04. The summed E-state index contributed by atoms with van der Waals surface area (Å²) < 4.78 is 2.20. The van der Waals surface area contributed by atoms with E-state index in [1.54, 1.807) is 0 Å². The molecule has 0 radical (unpaired) electrons. The maximum atomic E-state index is 5.91.